The molecule has 1 atom stereocenters. The Morgan fingerprint density at radius 1 is 0.941 bits per heavy atom. The highest BCUT2D eigenvalue weighted by atomic mass is 31.2. The number of aromatic hydroxyl groups is 1. The van der Waals surface area contributed by atoms with Crippen molar-refractivity contribution in [1.82, 2.24) is 0 Å². The minimum absolute atomic E-state index is 0.108. The molecule has 88 valence electrons. The summed E-state index contributed by atoms with van der Waals surface area (Å²) >= 11 is 0. The van der Waals surface area contributed by atoms with Gasteiger partial charge >= 0.3 is 7.60 Å². The van der Waals surface area contributed by atoms with Crippen LogP contribution in [0.2, 0.25) is 0 Å². The smallest absolute Gasteiger partial charge is 0.411 e. The van der Waals surface area contributed by atoms with Crippen LogP contribution < -0.4 is 9.83 Å². The fraction of sp³-hybridized carbons (Fsp3) is 0. The lowest BCUT2D eigenvalue weighted by atomic mass is 10.3. The van der Waals surface area contributed by atoms with Gasteiger partial charge in [0.1, 0.15) is 16.8 Å². The first-order chi connectivity index (χ1) is 8.09. The van der Waals surface area contributed by atoms with Crippen molar-refractivity contribution >= 4 is 12.9 Å². The number of phenols is 1. The maximum absolute atomic E-state index is 12.0. The third-order valence-corrected chi connectivity index (χ3v) is 3.60. The third kappa shape index (κ3) is 2.67. The zero-order valence-corrected chi connectivity index (χ0v) is 9.75. The lowest BCUT2D eigenvalue weighted by Crippen LogP contribution is -2.09. The van der Waals surface area contributed by atoms with Gasteiger partial charge in [-0.1, -0.05) is 30.3 Å². The summed E-state index contributed by atoms with van der Waals surface area (Å²) in [5.41, 5.74) is 0. The minimum atomic E-state index is -4.05. The Labute approximate surface area is 98.7 Å². The van der Waals surface area contributed by atoms with Gasteiger partial charge in [-0.05, 0) is 24.3 Å². The summed E-state index contributed by atoms with van der Waals surface area (Å²) in [6, 6.07) is 14.1. The van der Waals surface area contributed by atoms with E-state index in [0.717, 1.165) is 0 Å². The van der Waals surface area contributed by atoms with E-state index < -0.39 is 7.60 Å². The molecule has 0 aliphatic carbocycles. The lowest BCUT2D eigenvalue weighted by Gasteiger charge is -2.14. The topological polar surface area (TPSA) is 66.8 Å². The molecule has 0 aromatic heterocycles. The number of para-hydroxylation sites is 2. The Morgan fingerprint density at radius 3 is 2.18 bits per heavy atom. The maximum Gasteiger partial charge on any atom is 0.411 e. The summed E-state index contributed by atoms with van der Waals surface area (Å²) in [4.78, 5) is 9.79. The zero-order chi connectivity index (χ0) is 12.3. The normalized spacial score (nSPS) is 13.9. The monoisotopic (exact) mass is 250 g/mol. The number of hydrogen-bond acceptors (Lipinski definition) is 3. The van der Waals surface area contributed by atoms with E-state index in [1.807, 2.05) is 0 Å². The van der Waals surface area contributed by atoms with E-state index >= 15 is 0 Å². The van der Waals surface area contributed by atoms with Crippen molar-refractivity contribution in [2.24, 2.45) is 0 Å². The molecule has 0 aliphatic heterocycles. The van der Waals surface area contributed by atoms with Crippen LogP contribution in [-0.4, -0.2) is 10.00 Å². The number of hydrogen-bond donors (Lipinski definition) is 2. The minimum Gasteiger partial charge on any atom is -0.507 e. The molecule has 2 rings (SSSR count). The number of phenolic OH excluding ortho intramolecular Hbond substituents is 1. The average molecular weight is 250 g/mol. The molecule has 0 spiro atoms. The second-order valence-corrected chi connectivity index (χ2v) is 5.12. The standard InChI is InChI=1S/C12H11O4P/c13-11-8-4-5-9-12(11)17(14,15)16-10-6-2-1-3-7-10/h1-9,13H,(H,14,15). The largest absolute Gasteiger partial charge is 0.507 e. The molecule has 0 heterocycles. The van der Waals surface area contributed by atoms with Crippen molar-refractivity contribution in [2.45, 2.75) is 0 Å². The second kappa shape index (κ2) is 4.62. The van der Waals surface area contributed by atoms with Gasteiger partial charge in [0.25, 0.3) is 0 Å². The summed E-state index contributed by atoms with van der Waals surface area (Å²) in [5.74, 6) is 0.0239. The van der Waals surface area contributed by atoms with Crippen LogP contribution in [0.3, 0.4) is 0 Å². The van der Waals surface area contributed by atoms with Crippen LogP contribution in [0.4, 0.5) is 0 Å². The Balaban J connectivity index is 2.32. The van der Waals surface area contributed by atoms with Crippen LogP contribution in [0.25, 0.3) is 0 Å². The van der Waals surface area contributed by atoms with Crippen LogP contribution >= 0.6 is 7.60 Å². The van der Waals surface area contributed by atoms with Crippen molar-refractivity contribution in [3.63, 3.8) is 0 Å². The van der Waals surface area contributed by atoms with Crippen molar-refractivity contribution in [2.75, 3.05) is 0 Å². The molecule has 0 aliphatic rings. The van der Waals surface area contributed by atoms with Gasteiger partial charge < -0.3 is 14.5 Å². The zero-order valence-electron chi connectivity index (χ0n) is 8.85. The van der Waals surface area contributed by atoms with Gasteiger partial charge in [0.05, 0.1) is 0 Å². The first-order valence-electron chi connectivity index (χ1n) is 4.95. The highest BCUT2D eigenvalue weighted by molar-refractivity contribution is 7.61. The molecule has 0 fully saturated rings. The van der Waals surface area contributed by atoms with E-state index in [-0.39, 0.29) is 16.8 Å². The predicted octanol–water partition coefficient (Wildman–Crippen LogP) is 2.28. The molecule has 0 saturated carbocycles. The molecule has 0 amide bonds. The van der Waals surface area contributed by atoms with Crippen LogP contribution in [0.5, 0.6) is 11.5 Å². The van der Waals surface area contributed by atoms with E-state index in [1.54, 1.807) is 42.5 Å². The first kappa shape index (κ1) is 11.7. The molecular formula is C12H11O4P. The summed E-state index contributed by atoms with van der Waals surface area (Å²) in [6.07, 6.45) is 0. The van der Waals surface area contributed by atoms with Gasteiger partial charge in [0, 0.05) is 0 Å². The molecule has 0 bridgehead atoms. The summed E-state index contributed by atoms with van der Waals surface area (Å²) in [6.45, 7) is 0. The molecule has 0 saturated heterocycles. The molecule has 1 unspecified atom stereocenters. The second-order valence-electron chi connectivity index (χ2n) is 3.41. The fourth-order valence-electron chi connectivity index (χ4n) is 1.38. The molecule has 2 N–H and O–H groups in total. The quantitative estimate of drug-likeness (QED) is 0.820. The molecule has 2 aromatic rings. The van der Waals surface area contributed by atoms with E-state index in [4.69, 9.17) is 4.52 Å². The molecular weight excluding hydrogens is 239 g/mol. The van der Waals surface area contributed by atoms with Gasteiger partial charge in [-0.3, -0.25) is 0 Å². The van der Waals surface area contributed by atoms with Gasteiger partial charge in [-0.25, -0.2) is 4.57 Å². The third-order valence-electron chi connectivity index (χ3n) is 2.16. The van der Waals surface area contributed by atoms with Gasteiger partial charge in [0.2, 0.25) is 0 Å². The molecule has 5 heteroatoms. The fourth-order valence-corrected chi connectivity index (χ4v) is 2.52. The van der Waals surface area contributed by atoms with Gasteiger partial charge in [-0.2, -0.15) is 0 Å². The Hall–Kier alpha value is -1.77. The lowest BCUT2D eigenvalue weighted by molar-refractivity contribution is 0.390. The Bertz CT molecular complexity index is 553. The van der Waals surface area contributed by atoms with Crippen molar-refractivity contribution in [3.05, 3.63) is 54.6 Å². The summed E-state index contributed by atoms with van der Waals surface area (Å²) in [5, 5.41) is 9.40. The molecule has 4 nitrogen and oxygen atoms in total. The SMILES string of the molecule is O=P(O)(Oc1ccccc1)c1ccccc1O. The molecule has 17 heavy (non-hydrogen) atoms. The predicted molar refractivity (Wildman–Crippen MR) is 64.6 cm³/mol. The van der Waals surface area contributed by atoms with E-state index in [0.29, 0.717) is 0 Å². The van der Waals surface area contributed by atoms with Crippen LogP contribution in [0.1, 0.15) is 0 Å². The van der Waals surface area contributed by atoms with Crippen LogP contribution in [0.15, 0.2) is 54.6 Å². The van der Waals surface area contributed by atoms with Crippen molar-refractivity contribution < 1.29 is 19.1 Å². The van der Waals surface area contributed by atoms with Crippen LogP contribution in [0, 0.1) is 0 Å². The van der Waals surface area contributed by atoms with E-state index in [9.17, 15) is 14.6 Å². The van der Waals surface area contributed by atoms with Crippen LogP contribution in [-0.2, 0) is 4.57 Å². The first-order valence-corrected chi connectivity index (χ1v) is 6.53. The number of rotatable bonds is 3. The highest BCUT2D eigenvalue weighted by Crippen LogP contribution is 2.43. The van der Waals surface area contributed by atoms with Gasteiger partial charge in [-0.15, -0.1) is 0 Å². The maximum atomic E-state index is 12.0. The van der Waals surface area contributed by atoms with Gasteiger partial charge in [0.15, 0.2) is 0 Å². The van der Waals surface area contributed by atoms with E-state index in [2.05, 4.69) is 0 Å². The summed E-state index contributed by atoms with van der Waals surface area (Å²) in [7, 11) is -4.05. The highest BCUT2D eigenvalue weighted by Gasteiger charge is 2.27. The molecule has 2 aromatic carbocycles. The Kier molecular flexibility index (Phi) is 3.18. The number of benzene rings is 2. The Morgan fingerprint density at radius 2 is 1.53 bits per heavy atom. The molecule has 0 radical (unpaired) electrons. The van der Waals surface area contributed by atoms with E-state index in [1.165, 1.54) is 12.1 Å². The summed E-state index contributed by atoms with van der Waals surface area (Å²) < 4.78 is 17.0. The average Bonchev–Trinajstić information content (AvgIpc) is 2.30. The van der Waals surface area contributed by atoms with Crippen molar-refractivity contribution in [1.29, 1.82) is 0 Å². The van der Waals surface area contributed by atoms with Crippen molar-refractivity contribution in [3.8, 4) is 11.5 Å².